The molecule has 13 heavy (non-hydrogen) atoms. The van der Waals surface area contributed by atoms with Gasteiger partial charge in [-0.05, 0) is 18.2 Å². The molecule has 1 amide bonds. The molecule has 66 valence electrons. The third kappa shape index (κ3) is 2.49. The van der Waals surface area contributed by atoms with Gasteiger partial charge in [0.1, 0.15) is 5.82 Å². The lowest BCUT2D eigenvalue weighted by Gasteiger charge is -1.94. The summed E-state index contributed by atoms with van der Waals surface area (Å²) in [5.41, 5.74) is 10.5. The Morgan fingerprint density at radius 1 is 1.46 bits per heavy atom. The summed E-state index contributed by atoms with van der Waals surface area (Å²) >= 11 is 0. The minimum Gasteiger partial charge on any atom is -0.399 e. The van der Waals surface area contributed by atoms with Crippen molar-refractivity contribution in [3.05, 3.63) is 29.6 Å². The van der Waals surface area contributed by atoms with E-state index in [1.807, 2.05) is 5.92 Å². The number of anilines is 1. The monoisotopic (exact) mass is 178 g/mol. The molecule has 0 bridgehead atoms. The van der Waals surface area contributed by atoms with Gasteiger partial charge in [-0.15, -0.1) is 0 Å². The zero-order valence-electron chi connectivity index (χ0n) is 6.67. The van der Waals surface area contributed by atoms with Gasteiger partial charge in [0.25, 0.3) is 5.91 Å². The number of hydrogen-bond acceptors (Lipinski definition) is 2. The molecule has 1 rings (SSSR count). The summed E-state index contributed by atoms with van der Waals surface area (Å²) in [7, 11) is 0. The molecule has 1 aromatic carbocycles. The Labute approximate surface area is 74.5 Å². The molecule has 0 radical (unpaired) electrons. The number of benzene rings is 1. The second kappa shape index (κ2) is 3.59. The maximum atomic E-state index is 13.0. The Hall–Kier alpha value is -2.02. The van der Waals surface area contributed by atoms with E-state index in [1.54, 1.807) is 0 Å². The first-order valence-corrected chi connectivity index (χ1v) is 3.46. The number of nitrogen functional groups attached to an aromatic ring is 1. The van der Waals surface area contributed by atoms with Crippen LogP contribution in [0.15, 0.2) is 18.2 Å². The van der Waals surface area contributed by atoms with Crippen LogP contribution in [0, 0.1) is 17.7 Å². The van der Waals surface area contributed by atoms with E-state index in [0.717, 1.165) is 6.07 Å². The number of nitrogens with two attached hydrogens (primary N) is 2. The number of rotatable bonds is 0. The Bertz CT molecular complexity index is 404. The molecule has 0 aromatic heterocycles. The average molecular weight is 178 g/mol. The maximum Gasteiger partial charge on any atom is 0.293 e. The predicted molar refractivity (Wildman–Crippen MR) is 46.9 cm³/mol. The molecule has 0 fully saturated rings. The van der Waals surface area contributed by atoms with Gasteiger partial charge in [-0.3, -0.25) is 4.79 Å². The highest BCUT2D eigenvalue weighted by molar-refractivity contribution is 5.92. The van der Waals surface area contributed by atoms with Gasteiger partial charge in [0.05, 0.1) is 5.56 Å². The molecule has 4 N–H and O–H groups in total. The number of carbonyl (C=O) groups excluding carboxylic acids is 1. The van der Waals surface area contributed by atoms with Crippen LogP contribution in [-0.2, 0) is 4.79 Å². The number of hydrogen-bond donors (Lipinski definition) is 2. The molecule has 4 heteroatoms. The highest BCUT2D eigenvalue weighted by Crippen LogP contribution is 2.09. The molecule has 1 aromatic rings. The molecular weight excluding hydrogens is 171 g/mol. The summed E-state index contributed by atoms with van der Waals surface area (Å²) in [6.45, 7) is 0. The second-order valence-corrected chi connectivity index (χ2v) is 2.35. The van der Waals surface area contributed by atoms with Crippen molar-refractivity contribution in [1.29, 1.82) is 0 Å². The average Bonchev–Trinajstić information content (AvgIpc) is 2.02. The van der Waals surface area contributed by atoms with Gasteiger partial charge >= 0.3 is 0 Å². The Balaban J connectivity index is 3.05. The number of amides is 1. The van der Waals surface area contributed by atoms with Crippen molar-refractivity contribution in [3.63, 3.8) is 0 Å². The highest BCUT2D eigenvalue weighted by Gasteiger charge is 1.98. The molecule has 0 unspecified atom stereocenters. The van der Waals surface area contributed by atoms with E-state index in [2.05, 4.69) is 5.92 Å². The molecule has 0 atom stereocenters. The first-order valence-electron chi connectivity index (χ1n) is 3.46. The fourth-order valence-electron chi connectivity index (χ4n) is 0.762. The fraction of sp³-hybridized carbons (Fsp3) is 0. The lowest BCUT2D eigenvalue weighted by molar-refractivity contribution is -0.112. The van der Waals surface area contributed by atoms with Crippen molar-refractivity contribution in [2.75, 3.05) is 5.73 Å². The van der Waals surface area contributed by atoms with Gasteiger partial charge in [-0.1, -0.05) is 5.92 Å². The van der Waals surface area contributed by atoms with Gasteiger partial charge in [0.15, 0.2) is 0 Å². The quantitative estimate of drug-likeness (QED) is 0.441. The highest BCUT2D eigenvalue weighted by atomic mass is 19.1. The largest absolute Gasteiger partial charge is 0.399 e. The molecule has 0 aliphatic rings. The molecule has 0 aliphatic carbocycles. The van der Waals surface area contributed by atoms with Crippen LogP contribution < -0.4 is 11.5 Å². The number of halogens is 1. The lowest BCUT2D eigenvalue weighted by Crippen LogP contribution is -2.06. The van der Waals surface area contributed by atoms with Crippen LogP contribution in [0.2, 0.25) is 0 Å². The summed E-state index contributed by atoms with van der Waals surface area (Å²) in [4.78, 5) is 10.3. The molecule has 0 heterocycles. The smallest absolute Gasteiger partial charge is 0.293 e. The van der Waals surface area contributed by atoms with Crippen molar-refractivity contribution in [2.45, 2.75) is 0 Å². The molecular formula is C9H7FN2O. The minimum absolute atomic E-state index is 0.105. The van der Waals surface area contributed by atoms with Crippen molar-refractivity contribution < 1.29 is 9.18 Å². The van der Waals surface area contributed by atoms with Gasteiger partial charge < -0.3 is 11.5 Å². The Morgan fingerprint density at radius 3 is 2.69 bits per heavy atom. The summed E-state index contributed by atoms with van der Waals surface area (Å²) in [6.07, 6.45) is 0. The fourth-order valence-corrected chi connectivity index (χ4v) is 0.762. The molecule has 0 saturated heterocycles. The molecule has 0 spiro atoms. The van der Waals surface area contributed by atoms with Gasteiger partial charge in [-0.25, -0.2) is 4.39 Å². The van der Waals surface area contributed by atoms with Crippen LogP contribution >= 0.6 is 0 Å². The number of primary amides is 1. The lowest BCUT2D eigenvalue weighted by atomic mass is 10.2. The van der Waals surface area contributed by atoms with Crippen LogP contribution in [0.3, 0.4) is 0 Å². The van der Waals surface area contributed by atoms with Gasteiger partial charge in [0.2, 0.25) is 0 Å². The van der Waals surface area contributed by atoms with E-state index in [9.17, 15) is 9.18 Å². The summed E-state index contributed by atoms with van der Waals surface area (Å²) in [5, 5.41) is 0. The first kappa shape index (κ1) is 9.07. The van der Waals surface area contributed by atoms with E-state index < -0.39 is 11.7 Å². The van der Waals surface area contributed by atoms with E-state index in [1.165, 1.54) is 12.1 Å². The van der Waals surface area contributed by atoms with E-state index in [-0.39, 0.29) is 5.56 Å². The summed E-state index contributed by atoms with van der Waals surface area (Å²) < 4.78 is 13.0. The van der Waals surface area contributed by atoms with Crippen LogP contribution in [0.5, 0.6) is 0 Å². The summed E-state index contributed by atoms with van der Waals surface area (Å²) in [5.74, 6) is 2.96. The Morgan fingerprint density at radius 2 is 2.15 bits per heavy atom. The van der Waals surface area contributed by atoms with Crippen LogP contribution in [0.4, 0.5) is 10.1 Å². The maximum absolute atomic E-state index is 13.0. The molecule has 3 nitrogen and oxygen atoms in total. The SMILES string of the molecule is NC(=O)C#Cc1ccc(N)cc1F. The third-order valence-electron chi connectivity index (χ3n) is 1.31. The van der Waals surface area contributed by atoms with Crippen LogP contribution in [0.25, 0.3) is 0 Å². The zero-order chi connectivity index (χ0) is 9.84. The standard InChI is InChI=1S/C9H7FN2O/c10-8-5-7(11)3-1-6(8)2-4-9(12)13/h1,3,5H,11H2,(H2,12,13). The van der Waals surface area contributed by atoms with Crippen LogP contribution in [-0.4, -0.2) is 5.91 Å². The van der Waals surface area contributed by atoms with E-state index in [0.29, 0.717) is 5.69 Å². The van der Waals surface area contributed by atoms with E-state index in [4.69, 9.17) is 11.5 Å². The predicted octanol–water partition coefficient (Wildman–Crippen LogP) is 0.245. The van der Waals surface area contributed by atoms with E-state index >= 15 is 0 Å². The topological polar surface area (TPSA) is 69.1 Å². The van der Waals surface area contributed by atoms with Crippen molar-refractivity contribution in [3.8, 4) is 11.8 Å². The van der Waals surface area contributed by atoms with Gasteiger partial charge in [0, 0.05) is 11.6 Å². The first-order chi connectivity index (χ1) is 6.09. The summed E-state index contributed by atoms with van der Waals surface area (Å²) in [6, 6.07) is 4.01. The number of carbonyl (C=O) groups is 1. The third-order valence-corrected chi connectivity index (χ3v) is 1.31. The Kier molecular flexibility index (Phi) is 2.50. The van der Waals surface area contributed by atoms with Crippen molar-refractivity contribution in [1.82, 2.24) is 0 Å². The molecule has 0 aliphatic heterocycles. The van der Waals surface area contributed by atoms with Crippen LogP contribution in [0.1, 0.15) is 5.56 Å². The zero-order valence-corrected chi connectivity index (χ0v) is 6.67. The minimum atomic E-state index is -0.795. The van der Waals surface area contributed by atoms with Crippen molar-refractivity contribution in [2.24, 2.45) is 5.73 Å². The van der Waals surface area contributed by atoms with Gasteiger partial charge in [-0.2, -0.15) is 0 Å². The van der Waals surface area contributed by atoms with Crippen molar-refractivity contribution >= 4 is 11.6 Å². The molecule has 0 saturated carbocycles. The normalized spacial score (nSPS) is 8.69. The second-order valence-electron chi connectivity index (χ2n) is 2.35.